The molecule has 1 aromatic rings. The Bertz CT molecular complexity index is 609. The molecule has 3 rings (SSSR count). The number of benzene rings is 1. The second kappa shape index (κ2) is 5.60. The van der Waals surface area contributed by atoms with E-state index in [0.717, 1.165) is 0 Å². The zero-order valence-electron chi connectivity index (χ0n) is 13.8. The van der Waals surface area contributed by atoms with Crippen LogP contribution in [0.25, 0.3) is 0 Å². The van der Waals surface area contributed by atoms with Crippen molar-refractivity contribution in [3.63, 3.8) is 0 Å². The van der Waals surface area contributed by atoms with Gasteiger partial charge in [0.15, 0.2) is 17.2 Å². The summed E-state index contributed by atoms with van der Waals surface area (Å²) in [6.07, 6.45) is 0.610. The van der Waals surface area contributed by atoms with E-state index in [0.29, 0.717) is 49.7 Å². The first-order chi connectivity index (χ1) is 10.8. The first-order valence-corrected chi connectivity index (χ1v) is 7.93. The Morgan fingerprint density at radius 1 is 1.30 bits per heavy atom. The molecule has 126 valence electrons. The van der Waals surface area contributed by atoms with Crippen molar-refractivity contribution in [1.82, 2.24) is 4.90 Å². The molecule has 2 heterocycles. The monoisotopic (exact) mass is 321 g/mol. The lowest BCUT2D eigenvalue weighted by atomic mass is 9.98. The van der Waals surface area contributed by atoms with E-state index in [4.69, 9.17) is 14.2 Å². The van der Waals surface area contributed by atoms with Crippen molar-refractivity contribution in [3.05, 3.63) is 23.8 Å². The van der Waals surface area contributed by atoms with Crippen molar-refractivity contribution >= 4 is 6.09 Å². The smallest absolute Gasteiger partial charge is 0.412 e. The molecule has 2 aliphatic rings. The molecule has 2 aliphatic heterocycles. The Balaban J connectivity index is 1.95. The quantitative estimate of drug-likeness (QED) is 0.861. The number of ether oxygens (including phenoxy) is 3. The van der Waals surface area contributed by atoms with E-state index < -0.39 is 17.4 Å². The lowest BCUT2D eigenvalue weighted by Gasteiger charge is -2.36. The maximum atomic E-state index is 12.5. The Morgan fingerprint density at radius 3 is 2.78 bits per heavy atom. The van der Waals surface area contributed by atoms with Gasteiger partial charge in [-0.05, 0) is 33.3 Å². The average Bonchev–Trinajstić information content (AvgIpc) is 2.88. The summed E-state index contributed by atoms with van der Waals surface area (Å²) < 4.78 is 16.7. The first kappa shape index (κ1) is 15.9. The van der Waals surface area contributed by atoms with Crippen molar-refractivity contribution in [2.45, 2.75) is 44.9 Å². The molecule has 0 saturated carbocycles. The summed E-state index contributed by atoms with van der Waals surface area (Å²) in [6, 6.07) is 5.37. The van der Waals surface area contributed by atoms with Gasteiger partial charge in [-0.15, -0.1) is 0 Å². The van der Waals surface area contributed by atoms with Gasteiger partial charge >= 0.3 is 6.09 Å². The number of hydrogen-bond donors (Lipinski definition) is 1. The van der Waals surface area contributed by atoms with Crippen LogP contribution in [0.4, 0.5) is 4.79 Å². The molecule has 1 N–H and O–H groups in total. The molecule has 1 amide bonds. The molecule has 1 saturated heterocycles. The van der Waals surface area contributed by atoms with Gasteiger partial charge in [0.25, 0.3) is 0 Å². The Hall–Kier alpha value is -1.95. The fourth-order valence-electron chi connectivity index (χ4n) is 3.03. The minimum absolute atomic E-state index is 0.423. The number of carbonyl (C=O) groups is 1. The van der Waals surface area contributed by atoms with E-state index in [1.807, 2.05) is 0 Å². The summed E-state index contributed by atoms with van der Waals surface area (Å²) >= 11 is 0. The molecule has 0 aliphatic carbocycles. The van der Waals surface area contributed by atoms with E-state index in [1.165, 1.54) is 4.90 Å². The molecule has 1 fully saturated rings. The summed E-state index contributed by atoms with van der Waals surface area (Å²) in [7, 11) is 0. The van der Waals surface area contributed by atoms with Gasteiger partial charge in [0, 0.05) is 13.0 Å². The predicted octanol–water partition coefficient (Wildman–Crippen LogP) is 2.63. The number of rotatable bonds is 1. The zero-order chi connectivity index (χ0) is 16.7. The van der Waals surface area contributed by atoms with E-state index in [2.05, 4.69) is 0 Å². The number of para-hydroxylation sites is 1. The van der Waals surface area contributed by atoms with Gasteiger partial charge in [-0.2, -0.15) is 0 Å². The highest BCUT2D eigenvalue weighted by atomic mass is 16.6. The summed E-state index contributed by atoms with van der Waals surface area (Å²) in [5.74, 6) is 1.11. The number of hydrogen-bond acceptors (Lipinski definition) is 5. The number of fused-ring (bicyclic) bond motifs is 1. The average molecular weight is 321 g/mol. The fourth-order valence-corrected chi connectivity index (χ4v) is 3.03. The predicted molar refractivity (Wildman–Crippen MR) is 83.5 cm³/mol. The lowest BCUT2D eigenvalue weighted by molar-refractivity contribution is -0.0910. The minimum atomic E-state index is -1.44. The molecule has 0 radical (unpaired) electrons. The van der Waals surface area contributed by atoms with E-state index in [1.54, 1.807) is 39.0 Å². The van der Waals surface area contributed by atoms with Crippen LogP contribution in [0, 0.1) is 0 Å². The summed E-state index contributed by atoms with van der Waals surface area (Å²) in [4.78, 5) is 13.9. The number of nitrogens with zero attached hydrogens (tertiary/aromatic N) is 1. The maximum Gasteiger partial charge on any atom is 0.412 e. The van der Waals surface area contributed by atoms with Gasteiger partial charge < -0.3 is 19.3 Å². The minimum Gasteiger partial charge on any atom is -0.486 e. The SMILES string of the molecule is CC(C)(C)OC(=O)N1CCCC1(O)c1cccc2c1OCCO2. The van der Waals surface area contributed by atoms with Crippen molar-refractivity contribution in [1.29, 1.82) is 0 Å². The molecular formula is C17H23NO5. The third-order valence-electron chi connectivity index (χ3n) is 3.97. The molecule has 0 spiro atoms. The summed E-state index contributed by atoms with van der Waals surface area (Å²) in [5.41, 5.74) is -1.50. The van der Waals surface area contributed by atoms with Gasteiger partial charge in [0.05, 0.1) is 5.56 Å². The number of aliphatic hydroxyl groups is 1. The topological polar surface area (TPSA) is 68.2 Å². The molecule has 1 unspecified atom stereocenters. The molecule has 1 atom stereocenters. The van der Waals surface area contributed by atoms with Crippen molar-refractivity contribution in [2.75, 3.05) is 19.8 Å². The van der Waals surface area contributed by atoms with Crippen LogP contribution < -0.4 is 9.47 Å². The van der Waals surface area contributed by atoms with Crippen LogP contribution in [-0.4, -0.2) is 41.5 Å². The van der Waals surface area contributed by atoms with Crippen molar-refractivity contribution in [3.8, 4) is 11.5 Å². The van der Waals surface area contributed by atoms with E-state index >= 15 is 0 Å². The van der Waals surface area contributed by atoms with Crippen LogP contribution in [0.1, 0.15) is 39.2 Å². The van der Waals surface area contributed by atoms with Crippen molar-refractivity contribution in [2.24, 2.45) is 0 Å². The largest absolute Gasteiger partial charge is 0.486 e. The molecular weight excluding hydrogens is 298 g/mol. The zero-order valence-corrected chi connectivity index (χ0v) is 13.8. The Kier molecular flexibility index (Phi) is 3.88. The van der Waals surface area contributed by atoms with Gasteiger partial charge in [-0.1, -0.05) is 12.1 Å². The van der Waals surface area contributed by atoms with Crippen LogP contribution in [0.15, 0.2) is 18.2 Å². The maximum absolute atomic E-state index is 12.5. The third kappa shape index (κ3) is 2.95. The summed E-state index contributed by atoms with van der Waals surface area (Å²) in [6.45, 7) is 6.76. The number of carbonyl (C=O) groups excluding carboxylic acids is 1. The highest BCUT2D eigenvalue weighted by molar-refractivity contribution is 5.70. The highest BCUT2D eigenvalue weighted by Crippen LogP contribution is 2.45. The van der Waals surface area contributed by atoms with Gasteiger partial charge in [-0.25, -0.2) is 4.79 Å². The Morgan fingerprint density at radius 2 is 2.04 bits per heavy atom. The molecule has 1 aromatic carbocycles. The Labute approximate surface area is 135 Å². The molecule has 23 heavy (non-hydrogen) atoms. The highest BCUT2D eigenvalue weighted by Gasteiger charge is 2.47. The van der Waals surface area contributed by atoms with Crippen LogP contribution in [0.2, 0.25) is 0 Å². The van der Waals surface area contributed by atoms with Crippen molar-refractivity contribution < 1.29 is 24.1 Å². The third-order valence-corrected chi connectivity index (χ3v) is 3.97. The van der Waals surface area contributed by atoms with Gasteiger partial charge in [0.2, 0.25) is 0 Å². The van der Waals surface area contributed by atoms with Gasteiger partial charge in [0.1, 0.15) is 18.8 Å². The molecule has 6 nitrogen and oxygen atoms in total. The standard InChI is InChI=1S/C17H23NO5/c1-16(2,3)23-15(19)18-9-5-8-17(18,20)12-6-4-7-13-14(12)22-11-10-21-13/h4,6-7,20H,5,8-11H2,1-3H3. The molecule has 0 aromatic heterocycles. The number of likely N-dealkylation sites (tertiary alicyclic amines) is 1. The number of amides is 1. The summed E-state index contributed by atoms with van der Waals surface area (Å²) in [5, 5.41) is 11.2. The fraction of sp³-hybridized carbons (Fsp3) is 0.588. The van der Waals surface area contributed by atoms with Crippen LogP contribution >= 0.6 is 0 Å². The van der Waals surface area contributed by atoms with Crippen LogP contribution in [-0.2, 0) is 10.5 Å². The van der Waals surface area contributed by atoms with E-state index in [9.17, 15) is 9.90 Å². The second-order valence-corrected chi connectivity index (χ2v) is 6.88. The van der Waals surface area contributed by atoms with Crippen LogP contribution in [0.3, 0.4) is 0 Å². The van der Waals surface area contributed by atoms with Crippen LogP contribution in [0.5, 0.6) is 11.5 Å². The first-order valence-electron chi connectivity index (χ1n) is 7.93. The second-order valence-electron chi connectivity index (χ2n) is 6.88. The molecule has 0 bridgehead atoms. The normalized spacial score (nSPS) is 23.7. The van der Waals surface area contributed by atoms with Gasteiger partial charge in [-0.3, -0.25) is 4.90 Å². The lowest BCUT2D eigenvalue weighted by Crippen LogP contribution is -2.47. The van der Waals surface area contributed by atoms with E-state index in [-0.39, 0.29) is 0 Å². The molecule has 6 heteroatoms.